The van der Waals surface area contributed by atoms with Gasteiger partial charge in [0.1, 0.15) is 0 Å². The topological polar surface area (TPSA) is 80.5 Å². The monoisotopic (exact) mass is 248 g/mol. The van der Waals surface area contributed by atoms with E-state index in [1.54, 1.807) is 11.9 Å². The zero-order valence-electron chi connectivity index (χ0n) is 9.85. The Morgan fingerprint density at radius 1 is 1.56 bits per heavy atom. The van der Waals surface area contributed by atoms with Crippen molar-refractivity contribution in [1.82, 2.24) is 4.90 Å². The van der Waals surface area contributed by atoms with E-state index >= 15 is 0 Å². The molecule has 6 heteroatoms. The van der Waals surface area contributed by atoms with Gasteiger partial charge in [0.05, 0.1) is 11.5 Å². The molecule has 0 aromatic carbocycles. The molecule has 1 saturated heterocycles. The molecule has 0 bridgehead atoms. The van der Waals surface area contributed by atoms with E-state index in [9.17, 15) is 13.2 Å². The standard InChI is InChI=1S/C10H20N2O3S/c1-8(6-11)5-10(13)12(2)9-3-4-16(14,15)7-9/h8-9H,3-7,11H2,1-2H3. The predicted molar refractivity (Wildman–Crippen MR) is 62.7 cm³/mol. The highest BCUT2D eigenvalue weighted by molar-refractivity contribution is 7.91. The number of hydrogen-bond donors (Lipinski definition) is 1. The molecule has 94 valence electrons. The first kappa shape index (κ1) is 13.4. The molecule has 0 saturated carbocycles. The number of carbonyl (C=O) groups excluding carboxylic acids is 1. The van der Waals surface area contributed by atoms with Crippen LogP contribution in [0.1, 0.15) is 19.8 Å². The average molecular weight is 248 g/mol. The van der Waals surface area contributed by atoms with Crippen LogP contribution in [0.3, 0.4) is 0 Å². The number of rotatable bonds is 4. The molecule has 0 radical (unpaired) electrons. The molecular formula is C10H20N2O3S. The van der Waals surface area contributed by atoms with Gasteiger partial charge in [-0.15, -0.1) is 0 Å². The van der Waals surface area contributed by atoms with E-state index < -0.39 is 9.84 Å². The Morgan fingerprint density at radius 2 is 2.19 bits per heavy atom. The van der Waals surface area contributed by atoms with Crippen molar-refractivity contribution in [3.63, 3.8) is 0 Å². The number of amides is 1. The Morgan fingerprint density at radius 3 is 2.62 bits per heavy atom. The van der Waals surface area contributed by atoms with Gasteiger partial charge in [-0.2, -0.15) is 0 Å². The van der Waals surface area contributed by atoms with Crippen LogP contribution in [0.5, 0.6) is 0 Å². The van der Waals surface area contributed by atoms with Crippen molar-refractivity contribution in [2.24, 2.45) is 11.7 Å². The fourth-order valence-corrected chi connectivity index (χ4v) is 3.58. The van der Waals surface area contributed by atoms with Crippen LogP contribution in [0.4, 0.5) is 0 Å². The smallest absolute Gasteiger partial charge is 0.222 e. The van der Waals surface area contributed by atoms with Crippen LogP contribution in [-0.2, 0) is 14.6 Å². The maximum absolute atomic E-state index is 11.8. The van der Waals surface area contributed by atoms with Gasteiger partial charge in [0.2, 0.25) is 5.91 Å². The average Bonchev–Trinajstić information content (AvgIpc) is 2.57. The SMILES string of the molecule is CC(CN)CC(=O)N(C)C1CCS(=O)(=O)C1. The van der Waals surface area contributed by atoms with Crippen LogP contribution in [0.2, 0.25) is 0 Å². The molecule has 2 unspecified atom stereocenters. The lowest BCUT2D eigenvalue weighted by Crippen LogP contribution is -2.39. The number of nitrogens with two attached hydrogens (primary N) is 1. The van der Waals surface area contributed by atoms with Gasteiger partial charge in [-0.1, -0.05) is 6.92 Å². The molecule has 5 nitrogen and oxygen atoms in total. The number of hydrogen-bond acceptors (Lipinski definition) is 4. The van der Waals surface area contributed by atoms with E-state index in [4.69, 9.17) is 5.73 Å². The van der Waals surface area contributed by atoms with Crippen molar-refractivity contribution >= 4 is 15.7 Å². The fraction of sp³-hybridized carbons (Fsp3) is 0.900. The highest BCUT2D eigenvalue weighted by Gasteiger charge is 2.32. The van der Waals surface area contributed by atoms with Gasteiger partial charge in [-0.25, -0.2) is 8.42 Å². The molecule has 0 aromatic rings. The third-order valence-electron chi connectivity index (χ3n) is 3.07. The third-order valence-corrected chi connectivity index (χ3v) is 4.83. The third kappa shape index (κ3) is 3.45. The molecule has 0 spiro atoms. The summed E-state index contributed by atoms with van der Waals surface area (Å²) in [5, 5.41) is 0. The van der Waals surface area contributed by atoms with Gasteiger partial charge in [0.15, 0.2) is 9.84 Å². The molecule has 0 aliphatic carbocycles. The Kier molecular flexibility index (Phi) is 4.32. The Bertz CT molecular complexity index is 353. The van der Waals surface area contributed by atoms with Gasteiger partial charge in [-0.3, -0.25) is 4.79 Å². The summed E-state index contributed by atoms with van der Waals surface area (Å²) in [6, 6.07) is -0.150. The molecule has 1 heterocycles. The quantitative estimate of drug-likeness (QED) is 0.735. The first-order chi connectivity index (χ1) is 7.35. The van der Waals surface area contributed by atoms with E-state index in [0.717, 1.165) is 0 Å². The molecule has 0 aromatic heterocycles. The van der Waals surface area contributed by atoms with Gasteiger partial charge in [-0.05, 0) is 18.9 Å². The van der Waals surface area contributed by atoms with Crippen LogP contribution >= 0.6 is 0 Å². The molecule has 2 N–H and O–H groups in total. The summed E-state index contributed by atoms with van der Waals surface area (Å²) in [5.41, 5.74) is 5.45. The Hall–Kier alpha value is -0.620. The first-order valence-corrected chi connectivity index (χ1v) is 7.34. The zero-order chi connectivity index (χ0) is 12.3. The molecule has 1 amide bonds. The van der Waals surface area contributed by atoms with Crippen molar-refractivity contribution in [1.29, 1.82) is 0 Å². The van der Waals surface area contributed by atoms with Crippen LogP contribution in [0, 0.1) is 5.92 Å². The Labute approximate surface area is 96.9 Å². The van der Waals surface area contributed by atoms with Gasteiger partial charge in [0.25, 0.3) is 0 Å². The zero-order valence-corrected chi connectivity index (χ0v) is 10.7. The number of carbonyl (C=O) groups is 1. The number of nitrogens with zero attached hydrogens (tertiary/aromatic N) is 1. The summed E-state index contributed by atoms with van der Waals surface area (Å²) in [7, 11) is -1.25. The van der Waals surface area contributed by atoms with Gasteiger partial charge >= 0.3 is 0 Å². The maximum Gasteiger partial charge on any atom is 0.222 e. The molecule has 1 aliphatic heterocycles. The van der Waals surface area contributed by atoms with Crippen molar-refractivity contribution in [2.45, 2.75) is 25.8 Å². The lowest BCUT2D eigenvalue weighted by molar-refractivity contribution is -0.132. The summed E-state index contributed by atoms with van der Waals surface area (Å²) in [6.07, 6.45) is 0.950. The lowest BCUT2D eigenvalue weighted by atomic mass is 10.1. The van der Waals surface area contributed by atoms with Crippen molar-refractivity contribution in [3.8, 4) is 0 Å². The molecular weight excluding hydrogens is 228 g/mol. The summed E-state index contributed by atoms with van der Waals surface area (Å²) < 4.78 is 22.6. The van der Waals surface area contributed by atoms with Crippen LogP contribution < -0.4 is 5.73 Å². The van der Waals surface area contributed by atoms with E-state index in [1.165, 1.54) is 0 Å². The van der Waals surface area contributed by atoms with Crippen molar-refractivity contribution in [3.05, 3.63) is 0 Å². The molecule has 16 heavy (non-hydrogen) atoms. The minimum atomic E-state index is -2.93. The summed E-state index contributed by atoms with van der Waals surface area (Å²) in [5.74, 6) is 0.432. The van der Waals surface area contributed by atoms with E-state index in [1.807, 2.05) is 6.92 Å². The lowest BCUT2D eigenvalue weighted by Gasteiger charge is -2.24. The van der Waals surface area contributed by atoms with E-state index in [2.05, 4.69) is 0 Å². The van der Waals surface area contributed by atoms with Gasteiger partial charge in [0, 0.05) is 19.5 Å². The highest BCUT2D eigenvalue weighted by Crippen LogP contribution is 2.17. The second-order valence-corrected chi connectivity index (χ2v) is 6.84. The van der Waals surface area contributed by atoms with Crippen molar-refractivity contribution in [2.75, 3.05) is 25.1 Å². The van der Waals surface area contributed by atoms with E-state index in [-0.39, 0.29) is 29.4 Å². The normalized spacial score (nSPS) is 25.3. The Balaban J connectivity index is 2.52. The van der Waals surface area contributed by atoms with Crippen molar-refractivity contribution < 1.29 is 13.2 Å². The second-order valence-electron chi connectivity index (χ2n) is 4.61. The van der Waals surface area contributed by atoms with Crippen LogP contribution in [0.15, 0.2) is 0 Å². The van der Waals surface area contributed by atoms with Crippen LogP contribution in [-0.4, -0.2) is 50.4 Å². The molecule has 1 rings (SSSR count). The summed E-state index contributed by atoms with van der Waals surface area (Å²) >= 11 is 0. The maximum atomic E-state index is 11.8. The van der Waals surface area contributed by atoms with E-state index in [0.29, 0.717) is 19.4 Å². The number of sulfone groups is 1. The molecule has 1 aliphatic rings. The molecule has 1 fully saturated rings. The minimum absolute atomic E-state index is 0.0138. The molecule has 2 atom stereocenters. The largest absolute Gasteiger partial charge is 0.342 e. The van der Waals surface area contributed by atoms with Crippen LogP contribution in [0.25, 0.3) is 0 Å². The first-order valence-electron chi connectivity index (χ1n) is 5.52. The predicted octanol–water partition coefficient (Wildman–Crippen LogP) is -0.383. The minimum Gasteiger partial charge on any atom is -0.342 e. The fourth-order valence-electron chi connectivity index (χ4n) is 1.81. The summed E-state index contributed by atoms with van der Waals surface area (Å²) in [4.78, 5) is 13.4. The highest BCUT2D eigenvalue weighted by atomic mass is 32.2. The summed E-state index contributed by atoms with van der Waals surface area (Å²) in [6.45, 7) is 2.39. The van der Waals surface area contributed by atoms with Gasteiger partial charge < -0.3 is 10.6 Å². The second kappa shape index (κ2) is 5.14.